The van der Waals surface area contributed by atoms with Crippen LogP contribution >= 0.6 is 33.2 Å². The smallest absolute Gasteiger partial charge is 0.409 e. The normalized spacial score (nSPS) is 30.6. The lowest BCUT2D eigenvalue weighted by Gasteiger charge is -2.42. The highest BCUT2D eigenvalue weighted by atomic mass is 35.5. The minimum atomic E-state index is -1.81. The number of nitrogens with zero attached hydrogens (tertiary/aromatic N) is 2. The van der Waals surface area contributed by atoms with Gasteiger partial charge >= 0.3 is 12.1 Å². The Labute approximate surface area is 353 Å². The molecule has 0 radical (unpaired) electrons. The average molecular weight is 866 g/mol. The van der Waals surface area contributed by atoms with Crippen molar-refractivity contribution in [2.45, 2.75) is 120 Å². The lowest BCUT2D eigenvalue weighted by molar-refractivity contribution is -0.142. The van der Waals surface area contributed by atoms with Crippen LogP contribution in [0.25, 0.3) is 0 Å². The van der Waals surface area contributed by atoms with Crippen LogP contribution in [-0.2, 0) is 39.8 Å². The van der Waals surface area contributed by atoms with E-state index in [0.717, 1.165) is 11.1 Å². The molecule has 2 saturated heterocycles. The first-order valence-corrected chi connectivity index (χ1v) is 22.0. The first-order chi connectivity index (χ1) is 27.2. The topological polar surface area (TPSA) is 177 Å². The number of anilines is 1. The van der Waals surface area contributed by atoms with Gasteiger partial charge in [0, 0.05) is 56.9 Å². The fourth-order valence-corrected chi connectivity index (χ4v) is 10.5. The largest absolute Gasteiger partial charge is 0.495 e. The molecule has 2 fully saturated rings. The summed E-state index contributed by atoms with van der Waals surface area (Å²) >= 11 is 6.81. The Morgan fingerprint density at radius 3 is 2.60 bits per heavy atom. The fourth-order valence-electron chi connectivity index (χ4n) is 7.58. The van der Waals surface area contributed by atoms with Crippen LogP contribution in [0.5, 0.6) is 5.75 Å². The van der Waals surface area contributed by atoms with Crippen LogP contribution in [-0.4, -0.2) is 120 Å². The van der Waals surface area contributed by atoms with Crippen molar-refractivity contribution in [3.8, 4) is 5.75 Å². The number of carboxylic acid groups (broad SMARTS) is 1. The molecule has 17 heteroatoms. The number of carboxylic acids is 1. The van der Waals surface area contributed by atoms with Crippen LogP contribution in [0.15, 0.2) is 47.8 Å². The first-order valence-electron chi connectivity index (χ1n) is 19.3. The first kappa shape index (κ1) is 45.7. The van der Waals surface area contributed by atoms with Crippen LogP contribution in [0.1, 0.15) is 72.3 Å². The van der Waals surface area contributed by atoms with Gasteiger partial charge in [0.15, 0.2) is 11.3 Å². The highest BCUT2D eigenvalue weighted by molar-refractivity contribution is 8.77. The number of allylic oxidation sites excluding steroid dienone is 3. The molecule has 1 aromatic carbocycles. The molecule has 4 aliphatic rings. The number of rotatable bonds is 12. The van der Waals surface area contributed by atoms with Gasteiger partial charge in [-0.2, -0.15) is 0 Å². The summed E-state index contributed by atoms with van der Waals surface area (Å²) in [5.41, 5.74) is -0.668. The van der Waals surface area contributed by atoms with Crippen molar-refractivity contribution in [3.05, 3.63) is 58.4 Å². The molecule has 0 unspecified atom stereocenters. The van der Waals surface area contributed by atoms with E-state index < -0.39 is 59.8 Å². The van der Waals surface area contributed by atoms with Crippen molar-refractivity contribution in [3.63, 3.8) is 0 Å². The molecule has 4 aliphatic heterocycles. The summed E-state index contributed by atoms with van der Waals surface area (Å²) in [6.45, 7) is 9.62. The zero-order valence-electron chi connectivity index (χ0n) is 34.5. The predicted octanol–water partition coefficient (Wildman–Crippen LogP) is 6.28. The van der Waals surface area contributed by atoms with Crippen LogP contribution < -0.4 is 15.0 Å². The third-order valence-corrected chi connectivity index (χ3v) is 15.0. The SMILES string of the molecule is COc1cc2cc(c1Cl)N(C)C(=O)C[C@@H]1OC([C@H](C)N(C)C(=O)CCSSC(C)(C)CCC(=O)O)=C[C@]13O[C@H]3[C@H](C)[C@@H]1C[C@@](O)(NC(=O)O1)[C@H](OC)/C=C/C=C(\C)C2. The van der Waals surface area contributed by atoms with E-state index in [0.29, 0.717) is 35.8 Å². The van der Waals surface area contributed by atoms with Gasteiger partial charge in [-0.05, 0) is 64.3 Å². The third-order valence-electron chi connectivity index (χ3n) is 11.3. The van der Waals surface area contributed by atoms with Gasteiger partial charge in [-0.3, -0.25) is 19.7 Å². The molecule has 4 bridgehead atoms. The van der Waals surface area contributed by atoms with Crippen molar-refractivity contribution in [2.24, 2.45) is 5.92 Å². The van der Waals surface area contributed by atoms with Gasteiger partial charge in [0.1, 0.15) is 40.9 Å². The van der Waals surface area contributed by atoms with Gasteiger partial charge in [-0.1, -0.05) is 63.9 Å². The Morgan fingerprint density at radius 2 is 1.93 bits per heavy atom. The molecule has 58 heavy (non-hydrogen) atoms. The molecule has 4 heterocycles. The van der Waals surface area contributed by atoms with Gasteiger partial charge in [0.25, 0.3) is 0 Å². The number of methoxy groups -OCH3 is 2. The van der Waals surface area contributed by atoms with Crippen LogP contribution in [0.3, 0.4) is 0 Å². The highest BCUT2D eigenvalue weighted by Crippen LogP contribution is 2.54. The van der Waals surface area contributed by atoms with Gasteiger partial charge in [0.2, 0.25) is 11.8 Å². The molecule has 320 valence electrons. The predicted molar refractivity (Wildman–Crippen MR) is 224 cm³/mol. The number of amides is 3. The summed E-state index contributed by atoms with van der Waals surface area (Å²) in [5.74, 6) is -0.348. The molecular formula is C41H56ClN3O11S2. The zero-order valence-corrected chi connectivity index (χ0v) is 36.9. The fraction of sp³-hybridized carbons (Fsp3) is 0.610. The Kier molecular flexibility index (Phi) is 14.5. The number of fused-ring (bicyclic) bond motifs is 4. The molecule has 0 aliphatic carbocycles. The maximum atomic E-state index is 14.2. The van der Waals surface area contributed by atoms with E-state index in [4.69, 9.17) is 40.4 Å². The van der Waals surface area contributed by atoms with Gasteiger partial charge < -0.3 is 43.7 Å². The molecular weight excluding hydrogens is 810 g/mol. The molecule has 8 atom stereocenters. The van der Waals surface area contributed by atoms with Crippen molar-refractivity contribution >= 4 is 62.8 Å². The van der Waals surface area contributed by atoms with E-state index in [-0.39, 0.29) is 47.3 Å². The second-order valence-electron chi connectivity index (χ2n) is 16.1. The monoisotopic (exact) mass is 865 g/mol. The molecule has 0 saturated carbocycles. The molecule has 0 aromatic heterocycles. The highest BCUT2D eigenvalue weighted by Gasteiger charge is 2.68. The Hall–Kier alpha value is -3.41. The van der Waals surface area contributed by atoms with Crippen LogP contribution in [0.4, 0.5) is 10.5 Å². The van der Waals surface area contributed by atoms with Crippen LogP contribution in [0.2, 0.25) is 5.02 Å². The van der Waals surface area contributed by atoms with Crippen molar-refractivity contribution < 1.29 is 53.1 Å². The summed E-state index contributed by atoms with van der Waals surface area (Å²) in [4.78, 5) is 54.8. The molecule has 1 spiro atoms. The quantitative estimate of drug-likeness (QED) is 0.122. The van der Waals surface area contributed by atoms with Crippen LogP contribution in [0, 0.1) is 5.92 Å². The minimum Gasteiger partial charge on any atom is -0.495 e. The summed E-state index contributed by atoms with van der Waals surface area (Å²) < 4.78 is 29.9. The zero-order chi connectivity index (χ0) is 42.7. The number of carbonyl (C=O) groups is 4. The molecule has 1 aromatic rings. The van der Waals surface area contributed by atoms with E-state index in [1.807, 2.05) is 58.9 Å². The summed E-state index contributed by atoms with van der Waals surface area (Å²) in [6.07, 6.45) is 4.39. The summed E-state index contributed by atoms with van der Waals surface area (Å²) in [5, 5.41) is 23.7. The second kappa shape index (κ2) is 18.5. The number of hydrogen-bond donors (Lipinski definition) is 3. The number of benzene rings is 1. The number of aliphatic hydroxyl groups is 1. The van der Waals surface area contributed by atoms with Crippen molar-refractivity contribution in [1.82, 2.24) is 10.2 Å². The number of alkyl carbamates (subject to hydrolysis) is 1. The Bertz CT molecular complexity index is 1840. The number of aliphatic carboxylic acids is 1. The summed E-state index contributed by atoms with van der Waals surface area (Å²) in [6, 6.07) is 3.14. The van der Waals surface area contributed by atoms with E-state index in [1.54, 1.807) is 41.9 Å². The Morgan fingerprint density at radius 1 is 1.21 bits per heavy atom. The lowest BCUT2D eigenvalue weighted by Crippen LogP contribution is -2.63. The van der Waals surface area contributed by atoms with E-state index in [1.165, 1.54) is 29.9 Å². The van der Waals surface area contributed by atoms with Gasteiger partial charge in [-0.15, -0.1) is 0 Å². The second-order valence-corrected chi connectivity index (χ2v) is 19.6. The number of halogens is 1. The maximum absolute atomic E-state index is 14.2. The van der Waals surface area contributed by atoms with E-state index >= 15 is 0 Å². The molecule has 5 rings (SSSR count). The summed E-state index contributed by atoms with van der Waals surface area (Å²) in [7, 11) is 9.40. The number of nitrogens with one attached hydrogen (secondary N) is 1. The van der Waals surface area contributed by atoms with Crippen molar-refractivity contribution in [2.75, 3.05) is 39.0 Å². The molecule has 3 N–H and O–H groups in total. The molecule has 3 amide bonds. The number of epoxide rings is 1. The average Bonchev–Trinajstić information content (AvgIpc) is 3.78. The number of carbonyl (C=O) groups excluding carboxylic acids is 3. The number of likely N-dealkylation sites (N-methyl/N-ethyl adjacent to an activating group) is 1. The number of hydrogen-bond acceptors (Lipinski definition) is 12. The standard InChI is InChI=1S/C41H56ClN3O11S2/c1-23-11-10-12-31(53-9)41(51)22-29(55-38(50)43-41)24(2)37-40(56-37)21-30(25(3)44(6)33(46)14-16-57-58-39(4,5)15-13-35(48)49)54-32(40)20-34(47)45(7)27-18-26(17-23)19-28(52-8)36(27)42/h10-12,18-19,21,24-25,29,31-32,37,51H,13-17,20,22H2,1-9H3,(H,43,50)(H,48,49)/b12-10+,23-11+/t24-,25+,29+,31-,32+,37+,40+,41+/m1/s1. The third kappa shape index (κ3) is 10.3. The van der Waals surface area contributed by atoms with E-state index in [2.05, 4.69) is 5.32 Å². The molecule has 14 nitrogen and oxygen atoms in total. The van der Waals surface area contributed by atoms with Crippen molar-refractivity contribution in [1.29, 1.82) is 0 Å². The lowest BCUT2D eigenvalue weighted by atomic mass is 9.83. The maximum Gasteiger partial charge on any atom is 0.409 e. The Balaban J connectivity index is 1.43. The number of ether oxygens (including phenoxy) is 5. The minimum absolute atomic E-state index is 0.0179. The van der Waals surface area contributed by atoms with Gasteiger partial charge in [-0.25, -0.2) is 4.79 Å². The van der Waals surface area contributed by atoms with E-state index in [9.17, 15) is 24.3 Å². The van der Waals surface area contributed by atoms with Gasteiger partial charge in [0.05, 0.1) is 25.3 Å².